The van der Waals surface area contributed by atoms with Crippen molar-refractivity contribution in [3.63, 3.8) is 0 Å². The lowest BCUT2D eigenvalue weighted by molar-refractivity contribution is 0.0925. The van der Waals surface area contributed by atoms with Crippen molar-refractivity contribution in [2.75, 3.05) is 6.61 Å². The Hall–Kier alpha value is -0.960. The predicted molar refractivity (Wildman–Crippen MR) is 48.7 cm³/mol. The summed E-state index contributed by atoms with van der Waals surface area (Å²) in [6.07, 6.45) is 1.57. The van der Waals surface area contributed by atoms with Gasteiger partial charge in [0.25, 0.3) is 0 Å². The van der Waals surface area contributed by atoms with E-state index >= 15 is 0 Å². The van der Waals surface area contributed by atoms with Gasteiger partial charge in [-0.2, -0.15) is 0 Å². The summed E-state index contributed by atoms with van der Waals surface area (Å²) in [5.41, 5.74) is 0.378. The summed E-state index contributed by atoms with van der Waals surface area (Å²) in [7, 11) is 0. The van der Waals surface area contributed by atoms with Crippen LogP contribution in [0.25, 0.3) is 0 Å². The molecule has 1 aromatic rings. The first-order chi connectivity index (χ1) is 6.20. The molecule has 3 heteroatoms. The quantitative estimate of drug-likeness (QED) is 0.715. The fourth-order valence-electron chi connectivity index (χ4n) is 0.916. The van der Waals surface area contributed by atoms with E-state index in [0.29, 0.717) is 18.2 Å². The van der Waals surface area contributed by atoms with Gasteiger partial charge in [-0.1, -0.05) is 13.8 Å². The first kappa shape index (κ1) is 10.1. The summed E-state index contributed by atoms with van der Waals surface area (Å²) in [6, 6.07) is 2.96. The van der Waals surface area contributed by atoms with Crippen molar-refractivity contribution in [3.05, 3.63) is 29.8 Å². The second-order valence-corrected chi connectivity index (χ2v) is 3.34. The zero-order valence-electron chi connectivity index (χ0n) is 7.96. The molecule has 0 amide bonds. The van der Waals surface area contributed by atoms with Crippen LogP contribution in [0.5, 0.6) is 0 Å². The van der Waals surface area contributed by atoms with Gasteiger partial charge in [-0.15, -0.1) is 0 Å². The monoisotopic (exact) mass is 183 g/mol. The maximum Gasteiger partial charge on any atom is 0.147 e. The van der Waals surface area contributed by atoms with Gasteiger partial charge in [0.15, 0.2) is 0 Å². The van der Waals surface area contributed by atoms with Crippen LogP contribution in [0.4, 0.5) is 4.39 Å². The van der Waals surface area contributed by atoms with Crippen LogP contribution in [-0.2, 0) is 11.3 Å². The molecule has 0 unspecified atom stereocenters. The molecule has 1 heterocycles. The molecule has 2 nitrogen and oxygen atoms in total. The molecule has 13 heavy (non-hydrogen) atoms. The summed E-state index contributed by atoms with van der Waals surface area (Å²) in [5, 5.41) is 0. The van der Waals surface area contributed by atoms with E-state index in [1.165, 1.54) is 6.07 Å². The van der Waals surface area contributed by atoms with Crippen molar-refractivity contribution in [2.24, 2.45) is 5.92 Å². The average molecular weight is 183 g/mol. The van der Waals surface area contributed by atoms with Gasteiger partial charge in [-0.05, 0) is 18.1 Å². The Kier molecular flexibility index (Phi) is 3.83. The van der Waals surface area contributed by atoms with E-state index in [4.69, 9.17) is 4.74 Å². The van der Waals surface area contributed by atoms with E-state index in [-0.39, 0.29) is 12.4 Å². The Balaban J connectivity index is 2.41. The molecule has 72 valence electrons. The molecule has 0 saturated heterocycles. The molecule has 0 spiro atoms. The average Bonchev–Trinajstić information content (AvgIpc) is 2.08. The van der Waals surface area contributed by atoms with Gasteiger partial charge in [0, 0.05) is 12.8 Å². The smallest absolute Gasteiger partial charge is 0.147 e. The van der Waals surface area contributed by atoms with Crippen LogP contribution in [0, 0.1) is 11.7 Å². The van der Waals surface area contributed by atoms with Gasteiger partial charge in [0.2, 0.25) is 0 Å². The number of pyridine rings is 1. The lowest BCUT2D eigenvalue weighted by Crippen LogP contribution is -2.04. The first-order valence-corrected chi connectivity index (χ1v) is 4.37. The van der Waals surface area contributed by atoms with Crippen LogP contribution in [0.1, 0.15) is 19.5 Å². The van der Waals surface area contributed by atoms with Crippen molar-refractivity contribution < 1.29 is 9.13 Å². The number of halogens is 1. The van der Waals surface area contributed by atoms with E-state index in [2.05, 4.69) is 18.8 Å². The van der Waals surface area contributed by atoms with Gasteiger partial charge in [-0.25, -0.2) is 4.39 Å². The van der Waals surface area contributed by atoms with E-state index < -0.39 is 0 Å². The third-order valence-electron chi connectivity index (χ3n) is 1.52. The summed E-state index contributed by atoms with van der Waals surface area (Å²) in [6.45, 7) is 4.99. The van der Waals surface area contributed by atoms with Crippen molar-refractivity contribution in [2.45, 2.75) is 20.5 Å². The van der Waals surface area contributed by atoms with Crippen molar-refractivity contribution in [1.29, 1.82) is 0 Å². The highest BCUT2D eigenvalue weighted by molar-refractivity contribution is 5.05. The first-order valence-electron chi connectivity index (χ1n) is 4.37. The van der Waals surface area contributed by atoms with Crippen LogP contribution in [0.2, 0.25) is 0 Å². The highest BCUT2D eigenvalue weighted by Crippen LogP contribution is 2.04. The van der Waals surface area contributed by atoms with Gasteiger partial charge in [0.05, 0.1) is 6.61 Å². The number of hydrogen-bond acceptors (Lipinski definition) is 2. The molecule has 0 aromatic carbocycles. The van der Waals surface area contributed by atoms with Crippen LogP contribution >= 0.6 is 0 Å². The van der Waals surface area contributed by atoms with Gasteiger partial charge in [0.1, 0.15) is 11.5 Å². The van der Waals surface area contributed by atoms with Gasteiger partial charge < -0.3 is 4.74 Å². The Morgan fingerprint density at radius 2 is 2.31 bits per heavy atom. The minimum Gasteiger partial charge on any atom is -0.375 e. The topological polar surface area (TPSA) is 22.1 Å². The molecule has 0 aliphatic carbocycles. The van der Waals surface area contributed by atoms with Crippen LogP contribution in [-0.4, -0.2) is 11.6 Å². The van der Waals surface area contributed by atoms with Crippen LogP contribution < -0.4 is 0 Å². The summed E-state index contributed by atoms with van der Waals surface area (Å²) < 4.78 is 18.2. The number of rotatable bonds is 4. The molecule has 0 aliphatic rings. The Bertz CT molecular complexity index is 263. The van der Waals surface area contributed by atoms with Crippen molar-refractivity contribution in [1.82, 2.24) is 4.98 Å². The highest BCUT2D eigenvalue weighted by atomic mass is 19.1. The molecule has 0 fully saturated rings. The van der Waals surface area contributed by atoms with E-state index in [0.717, 1.165) is 0 Å². The fraction of sp³-hybridized carbons (Fsp3) is 0.500. The molecule has 0 bridgehead atoms. The molecular weight excluding hydrogens is 169 g/mol. The maximum atomic E-state index is 13.0. The maximum absolute atomic E-state index is 13.0. The molecule has 0 aliphatic heterocycles. The number of nitrogens with zero attached hydrogens (tertiary/aromatic N) is 1. The second kappa shape index (κ2) is 4.92. The molecule has 0 N–H and O–H groups in total. The summed E-state index contributed by atoms with van der Waals surface area (Å²) in [4.78, 5) is 3.88. The van der Waals surface area contributed by atoms with Crippen LogP contribution in [0.3, 0.4) is 0 Å². The normalized spacial score (nSPS) is 10.8. The molecule has 0 radical (unpaired) electrons. The molecule has 1 aromatic heterocycles. The largest absolute Gasteiger partial charge is 0.375 e. The van der Waals surface area contributed by atoms with Gasteiger partial charge >= 0.3 is 0 Å². The number of aromatic nitrogens is 1. The van der Waals surface area contributed by atoms with Crippen molar-refractivity contribution >= 4 is 0 Å². The summed E-state index contributed by atoms with van der Waals surface area (Å²) >= 11 is 0. The number of ether oxygens (including phenoxy) is 1. The lowest BCUT2D eigenvalue weighted by atomic mass is 10.2. The Morgan fingerprint density at radius 1 is 1.54 bits per heavy atom. The number of hydrogen-bond donors (Lipinski definition) is 0. The zero-order valence-corrected chi connectivity index (χ0v) is 7.96. The lowest BCUT2D eigenvalue weighted by Gasteiger charge is -2.06. The van der Waals surface area contributed by atoms with E-state index in [9.17, 15) is 4.39 Å². The third-order valence-corrected chi connectivity index (χ3v) is 1.52. The Labute approximate surface area is 77.8 Å². The predicted octanol–water partition coefficient (Wildman–Crippen LogP) is 2.39. The highest BCUT2D eigenvalue weighted by Gasteiger charge is 2.02. The summed E-state index contributed by atoms with van der Waals surface area (Å²) in [5.74, 6) is 0.165. The van der Waals surface area contributed by atoms with Crippen LogP contribution in [0.15, 0.2) is 18.3 Å². The fourth-order valence-corrected chi connectivity index (χ4v) is 0.916. The SMILES string of the molecule is CC(C)COCc1ncccc1F. The molecule has 0 saturated carbocycles. The second-order valence-electron chi connectivity index (χ2n) is 3.34. The molecular formula is C10H14FNO. The van der Waals surface area contributed by atoms with Gasteiger partial charge in [-0.3, -0.25) is 4.98 Å². The third kappa shape index (κ3) is 3.51. The van der Waals surface area contributed by atoms with Crippen molar-refractivity contribution in [3.8, 4) is 0 Å². The van der Waals surface area contributed by atoms with E-state index in [1.807, 2.05) is 0 Å². The molecule has 1 rings (SSSR count). The molecule has 0 atom stereocenters. The van der Waals surface area contributed by atoms with E-state index in [1.54, 1.807) is 12.3 Å². The minimum absolute atomic E-state index is 0.255. The zero-order chi connectivity index (χ0) is 9.68. The Morgan fingerprint density at radius 3 is 2.92 bits per heavy atom. The minimum atomic E-state index is -0.300. The standard InChI is InChI=1S/C10H14FNO/c1-8(2)6-13-7-10-9(11)4-3-5-12-10/h3-5,8H,6-7H2,1-2H3.